The van der Waals surface area contributed by atoms with Crippen molar-refractivity contribution < 1.29 is 8.42 Å². The minimum Gasteiger partial charge on any atom is -0.355 e. The molecule has 1 aliphatic heterocycles. The molecule has 1 atom stereocenters. The maximum Gasteiger partial charge on any atom is 0.189 e. The molecule has 0 saturated carbocycles. The molecule has 2 heterocycles. The predicted molar refractivity (Wildman–Crippen MR) is 108 cm³/mol. The van der Waals surface area contributed by atoms with Crippen LogP contribution >= 0.6 is 23.6 Å². The molecule has 0 bridgehead atoms. The molecule has 0 fully saturated rings. The van der Waals surface area contributed by atoms with Crippen LogP contribution in [0, 0.1) is 0 Å². The van der Waals surface area contributed by atoms with Crippen molar-refractivity contribution in [2.75, 3.05) is 11.1 Å². The lowest BCUT2D eigenvalue weighted by Gasteiger charge is -2.12. The average molecular weight is 394 g/mol. The molecule has 2 N–H and O–H groups in total. The molecule has 2 aromatic rings. The molecule has 1 aromatic carbocycles. The van der Waals surface area contributed by atoms with Crippen LogP contribution < -0.4 is 10.6 Å². The van der Waals surface area contributed by atoms with Crippen LogP contribution in [0.4, 0.5) is 5.13 Å². The minimum atomic E-state index is -3.10. The number of hydrogen-bond acceptors (Lipinski definition) is 5. The second-order valence-corrected chi connectivity index (χ2v) is 9.38. The van der Waals surface area contributed by atoms with Crippen LogP contribution in [0.25, 0.3) is 11.3 Å². The van der Waals surface area contributed by atoms with Crippen LogP contribution in [-0.2, 0) is 9.84 Å². The van der Waals surface area contributed by atoms with E-state index in [4.69, 9.17) is 12.2 Å². The lowest BCUT2D eigenvalue weighted by molar-refractivity contribution is 0.603. The van der Waals surface area contributed by atoms with E-state index in [2.05, 4.69) is 53.7 Å². The maximum atomic E-state index is 11.4. The zero-order valence-corrected chi connectivity index (χ0v) is 16.3. The van der Waals surface area contributed by atoms with Crippen LogP contribution in [0.2, 0.25) is 0 Å². The topological polar surface area (TPSA) is 71.1 Å². The number of thiazole rings is 1. The van der Waals surface area contributed by atoms with Crippen molar-refractivity contribution in [1.82, 2.24) is 10.3 Å². The number of aromatic nitrogens is 1. The molecule has 0 amide bonds. The second-order valence-electron chi connectivity index (χ2n) is 6.18. The third-order valence-corrected chi connectivity index (χ3v) is 6.22. The number of sulfone groups is 1. The number of benzene rings is 1. The Labute approximate surface area is 157 Å². The monoisotopic (exact) mass is 393 g/mol. The maximum absolute atomic E-state index is 11.4. The number of anilines is 1. The summed E-state index contributed by atoms with van der Waals surface area (Å²) in [5.74, 6) is 0.527. The Balaban J connectivity index is 1.61. The zero-order chi connectivity index (χ0) is 18.0. The summed E-state index contributed by atoms with van der Waals surface area (Å²) in [6, 6.07) is 8.07. The van der Waals surface area contributed by atoms with Crippen molar-refractivity contribution in [3.63, 3.8) is 0 Å². The van der Waals surface area contributed by atoms with E-state index in [0.717, 1.165) is 11.3 Å². The van der Waals surface area contributed by atoms with E-state index in [-0.39, 0.29) is 11.8 Å². The number of hydrogen-bond donors (Lipinski definition) is 2. The fourth-order valence-electron chi connectivity index (χ4n) is 2.47. The van der Waals surface area contributed by atoms with E-state index >= 15 is 0 Å². The van der Waals surface area contributed by atoms with Gasteiger partial charge in [0.05, 0.1) is 17.5 Å². The van der Waals surface area contributed by atoms with E-state index in [1.54, 1.807) is 6.08 Å². The summed E-state index contributed by atoms with van der Waals surface area (Å²) in [4.78, 5) is 4.54. The van der Waals surface area contributed by atoms with Crippen molar-refractivity contribution in [3.05, 3.63) is 46.7 Å². The molecule has 0 spiro atoms. The van der Waals surface area contributed by atoms with Crippen molar-refractivity contribution in [1.29, 1.82) is 0 Å². The van der Waals surface area contributed by atoms with Gasteiger partial charge in [-0.15, -0.1) is 11.3 Å². The van der Waals surface area contributed by atoms with Crippen molar-refractivity contribution in [3.8, 4) is 11.3 Å². The molecule has 5 nitrogen and oxygen atoms in total. The van der Waals surface area contributed by atoms with E-state index in [1.165, 1.54) is 22.3 Å². The summed E-state index contributed by atoms with van der Waals surface area (Å²) in [5.41, 5.74) is 3.23. The molecular weight excluding hydrogens is 374 g/mol. The van der Waals surface area contributed by atoms with Crippen molar-refractivity contribution >= 4 is 43.6 Å². The molecule has 132 valence electrons. The van der Waals surface area contributed by atoms with Gasteiger partial charge in [-0.05, 0) is 29.8 Å². The molecule has 3 rings (SSSR count). The van der Waals surface area contributed by atoms with E-state index in [9.17, 15) is 8.42 Å². The summed E-state index contributed by atoms with van der Waals surface area (Å²) in [6.07, 6.45) is 1.60. The summed E-state index contributed by atoms with van der Waals surface area (Å²) < 4.78 is 22.8. The van der Waals surface area contributed by atoms with E-state index < -0.39 is 9.84 Å². The molecule has 0 unspecified atom stereocenters. The molecule has 0 radical (unpaired) electrons. The lowest BCUT2D eigenvalue weighted by Crippen LogP contribution is -2.38. The van der Waals surface area contributed by atoms with Crippen LogP contribution in [-0.4, -0.2) is 30.3 Å². The molecule has 0 saturated heterocycles. The van der Waals surface area contributed by atoms with Gasteiger partial charge in [-0.1, -0.05) is 38.1 Å². The van der Waals surface area contributed by atoms with Gasteiger partial charge in [-0.25, -0.2) is 13.4 Å². The standard InChI is InChI=1S/C17H19N3O2S3/c1-11(2)12-3-5-13(6-4-12)15-9-24-17(19-15)20-16(23)18-14-7-8-25(21,22)10-14/h3-9,11,14H,10H2,1-2H3,(H2,18,19,20,23)/t14-/m0/s1. The van der Waals surface area contributed by atoms with Gasteiger partial charge < -0.3 is 10.6 Å². The van der Waals surface area contributed by atoms with Gasteiger partial charge in [0.1, 0.15) is 0 Å². The Bertz CT molecular complexity index is 899. The van der Waals surface area contributed by atoms with Gasteiger partial charge in [0.2, 0.25) is 0 Å². The third kappa shape index (κ3) is 4.65. The van der Waals surface area contributed by atoms with Crippen LogP contribution in [0.5, 0.6) is 0 Å². The first-order valence-corrected chi connectivity index (χ1v) is 10.9. The second kappa shape index (κ2) is 7.23. The Morgan fingerprint density at radius 1 is 1.32 bits per heavy atom. The normalized spacial score (nSPS) is 18.4. The van der Waals surface area contributed by atoms with E-state index in [0.29, 0.717) is 16.2 Å². The lowest BCUT2D eigenvalue weighted by atomic mass is 10.0. The minimum absolute atomic E-state index is 0.0279. The Hall–Kier alpha value is -1.77. The fraction of sp³-hybridized carbons (Fsp3) is 0.294. The number of rotatable bonds is 4. The molecule has 1 aliphatic rings. The van der Waals surface area contributed by atoms with Gasteiger partial charge in [0.15, 0.2) is 20.1 Å². The van der Waals surface area contributed by atoms with Crippen molar-refractivity contribution in [2.24, 2.45) is 0 Å². The van der Waals surface area contributed by atoms with Crippen LogP contribution in [0.3, 0.4) is 0 Å². The first kappa shape index (κ1) is 18.0. The highest BCUT2D eigenvalue weighted by Crippen LogP contribution is 2.26. The first-order valence-electron chi connectivity index (χ1n) is 7.87. The third-order valence-electron chi connectivity index (χ3n) is 3.84. The molecule has 0 aliphatic carbocycles. The summed E-state index contributed by atoms with van der Waals surface area (Å²) in [6.45, 7) is 4.33. The number of thiocarbonyl (C=S) groups is 1. The fourth-order valence-corrected chi connectivity index (χ4v) is 4.74. The SMILES string of the molecule is CC(C)c1ccc(-c2csc(NC(=S)N[C@H]3C=CS(=O)(=O)C3)n2)cc1. The van der Waals surface area contributed by atoms with Gasteiger partial charge in [-0.3, -0.25) is 0 Å². The summed E-state index contributed by atoms with van der Waals surface area (Å²) in [5, 5.41) is 10.2. The first-order chi connectivity index (χ1) is 11.8. The number of nitrogens with one attached hydrogen (secondary N) is 2. The molecule has 1 aromatic heterocycles. The average Bonchev–Trinajstić information content (AvgIpc) is 3.13. The van der Waals surface area contributed by atoms with Crippen LogP contribution in [0.15, 0.2) is 41.1 Å². The Morgan fingerprint density at radius 2 is 2.04 bits per heavy atom. The highest BCUT2D eigenvalue weighted by Gasteiger charge is 2.22. The smallest absolute Gasteiger partial charge is 0.189 e. The predicted octanol–water partition coefficient (Wildman–Crippen LogP) is 3.53. The molecule has 25 heavy (non-hydrogen) atoms. The van der Waals surface area contributed by atoms with E-state index in [1.807, 2.05) is 5.38 Å². The van der Waals surface area contributed by atoms with Gasteiger partial charge >= 0.3 is 0 Å². The molecular formula is C17H19N3O2S3. The van der Waals surface area contributed by atoms with Crippen LogP contribution in [0.1, 0.15) is 25.3 Å². The Morgan fingerprint density at radius 3 is 2.64 bits per heavy atom. The van der Waals surface area contributed by atoms with Gasteiger partial charge in [0, 0.05) is 16.4 Å². The number of nitrogens with zero attached hydrogens (tertiary/aromatic N) is 1. The largest absolute Gasteiger partial charge is 0.355 e. The van der Waals surface area contributed by atoms with Gasteiger partial charge in [-0.2, -0.15) is 0 Å². The quantitative estimate of drug-likeness (QED) is 0.775. The molecule has 8 heteroatoms. The van der Waals surface area contributed by atoms with Crippen molar-refractivity contribution in [2.45, 2.75) is 25.8 Å². The summed E-state index contributed by atoms with van der Waals surface area (Å²) >= 11 is 6.69. The van der Waals surface area contributed by atoms with Gasteiger partial charge in [0.25, 0.3) is 0 Å². The Kier molecular flexibility index (Phi) is 5.21. The zero-order valence-electron chi connectivity index (χ0n) is 13.9. The summed E-state index contributed by atoms with van der Waals surface area (Å²) in [7, 11) is -3.10. The highest BCUT2D eigenvalue weighted by atomic mass is 32.2. The highest BCUT2D eigenvalue weighted by molar-refractivity contribution is 7.94.